The maximum atomic E-state index is 12.8. The minimum Gasteiger partial charge on any atom is -0.370 e. The van der Waals surface area contributed by atoms with E-state index >= 15 is 0 Å². The third-order valence-electron chi connectivity index (χ3n) is 3.41. The van der Waals surface area contributed by atoms with E-state index < -0.39 is 10.0 Å². The molecule has 1 fully saturated rings. The van der Waals surface area contributed by atoms with E-state index in [1.54, 1.807) is 22.6 Å². The van der Waals surface area contributed by atoms with E-state index in [4.69, 9.17) is 0 Å². The third kappa shape index (κ3) is 3.49. The van der Waals surface area contributed by atoms with E-state index in [-0.39, 0.29) is 6.04 Å². The largest absolute Gasteiger partial charge is 0.370 e. The topological polar surface area (TPSA) is 62.3 Å². The Kier molecular flexibility index (Phi) is 4.65. The number of pyridine rings is 1. The molecule has 0 amide bonds. The Bertz CT molecular complexity index is 553. The van der Waals surface area contributed by atoms with Crippen molar-refractivity contribution in [1.29, 1.82) is 0 Å². The van der Waals surface area contributed by atoms with Gasteiger partial charge in [-0.15, -0.1) is 0 Å². The van der Waals surface area contributed by atoms with Crippen molar-refractivity contribution >= 4 is 15.8 Å². The van der Waals surface area contributed by atoms with Crippen LogP contribution in [0.15, 0.2) is 23.2 Å². The lowest BCUT2D eigenvalue weighted by molar-refractivity contribution is 0.341. The number of hydrogen-bond acceptors (Lipinski definition) is 4. The number of anilines is 1. The van der Waals surface area contributed by atoms with Gasteiger partial charge in [0.2, 0.25) is 10.0 Å². The maximum absolute atomic E-state index is 12.8. The van der Waals surface area contributed by atoms with Gasteiger partial charge in [-0.3, -0.25) is 0 Å². The minimum atomic E-state index is -3.44. The number of aromatic nitrogens is 1. The number of rotatable bonds is 7. The maximum Gasteiger partial charge on any atom is 0.243 e. The van der Waals surface area contributed by atoms with Crippen LogP contribution >= 0.6 is 0 Å². The highest BCUT2D eigenvalue weighted by Crippen LogP contribution is 2.32. The fourth-order valence-electron chi connectivity index (χ4n) is 2.13. The second-order valence-corrected chi connectivity index (χ2v) is 7.41. The highest BCUT2D eigenvalue weighted by molar-refractivity contribution is 7.89. The fraction of sp³-hybridized carbons (Fsp3) is 0.643. The molecule has 112 valence electrons. The zero-order valence-corrected chi connectivity index (χ0v) is 13.2. The van der Waals surface area contributed by atoms with Crippen molar-refractivity contribution in [1.82, 2.24) is 9.29 Å². The lowest BCUT2D eigenvalue weighted by atomic mass is 10.3. The van der Waals surface area contributed by atoms with E-state index in [1.165, 1.54) is 0 Å². The SMILES string of the molecule is CCNc1cc(S(=O)(=O)N(CC2CC2)C(C)C)ccn1. The van der Waals surface area contributed by atoms with Gasteiger partial charge < -0.3 is 5.32 Å². The molecule has 1 aliphatic rings. The fourth-order valence-corrected chi connectivity index (χ4v) is 3.85. The van der Waals surface area contributed by atoms with Gasteiger partial charge in [0, 0.05) is 31.4 Å². The van der Waals surface area contributed by atoms with Crippen LogP contribution in [0.25, 0.3) is 0 Å². The van der Waals surface area contributed by atoms with Crippen molar-refractivity contribution < 1.29 is 8.42 Å². The number of hydrogen-bond donors (Lipinski definition) is 1. The quantitative estimate of drug-likeness (QED) is 0.839. The monoisotopic (exact) mass is 297 g/mol. The van der Waals surface area contributed by atoms with Gasteiger partial charge in [-0.25, -0.2) is 13.4 Å². The highest BCUT2D eigenvalue weighted by Gasteiger charge is 2.33. The summed E-state index contributed by atoms with van der Waals surface area (Å²) in [5.74, 6) is 1.13. The molecule has 0 atom stereocenters. The Labute approximate surface area is 121 Å². The summed E-state index contributed by atoms with van der Waals surface area (Å²) in [5, 5.41) is 3.05. The van der Waals surface area contributed by atoms with Gasteiger partial charge in [-0.05, 0) is 45.6 Å². The van der Waals surface area contributed by atoms with E-state index in [2.05, 4.69) is 10.3 Å². The molecule has 0 saturated heterocycles. The third-order valence-corrected chi connectivity index (χ3v) is 5.44. The van der Waals surface area contributed by atoms with Crippen molar-refractivity contribution in [3.8, 4) is 0 Å². The number of nitrogens with one attached hydrogen (secondary N) is 1. The van der Waals surface area contributed by atoms with Crippen LogP contribution in [0.3, 0.4) is 0 Å². The Morgan fingerprint density at radius 3 is 2.70 bits per heavy atom. The summed E-state index contributed by atoms with van der Waals surface area (Å²) in [6.45, 7) is 7.14. The van der Waals surface area contributed by atoms with Crippen LogP contribution < -0.4 is 5.32 Å². The Hall–Kier alpha value is -1.14. The van der Waals surface area contributed by atoms with Crippen LogP contribution in [0.1, 0.15) is 33.6 Å². The molecule has 0 aromatic carbocycles. The lowest BCUT2D eigenvalue weighted by Crippen LogP contribution is -2.38. The first kappa shape index (κ1) is 15.3. The van der Waals surface area contributed by atoms with Crippen LogP contribution in [0.5, 0.6) is 0 Å². The van der Waals surface area contributed by atoms with Gasteiger partial charge in [0.05, 0.1) is 4.90 Å². The molecule has 1 aliphatic carbocycles. The molecule has 5 nitrogen and oxygen atoms in total. The van der Waals surface area contributed by atoms with E-state index in [9.17, 15) is 8.42 Å². The Morgan fingerprint density at radius 2 is 2.15 bits per heavy atom. The zero-order valence-electron chi connectivity index (χ0n) is 12.3. The number of nitrogens with zero attached hydrogens (tertiary/aromatic N) is 2. The van der Waals surface area contributed by atoms with Crippen LogP contribution in [0.2, 0.25) is 0 Å². The van der Waals surface area contributed by atoms with Crippen molar-refractivity contribution in [2.75, 3.05) is 18.4 Å². The number of sulfonamides is 1. The van der Waals surface area contributed by atoms with Crippen LogP contribution in [0.4, 0.5) is 5.82 Å². The summed E-state index contributed by atoms with van der Waals surface area (Å²) >= 11 is 0. The summed E-state index contributed by atoms with van der Waals surface area (Å²) < 4.78 is 27.1. The molecule has 1 heterocycles. The van der Waals surface area contributed by atoms with Crippen molar-refractivity contribution in [3.05, 3.63) is 18.3 Å². The molecular formula is C14H23N3O2S. The average Bonchev–Trinajstić information content (AvgIpc) is 3.20. The highest BCUT2D eigenvalue weighted by atomic mass is 32.2. The van der Waals surface area contributed by atoms with Gasteiger partial charge in [0.1, 0.15) is 5.82 Å². The summed E-state index contributed by atoms with van der Waals surface area (Å²) in [7, 11) is -3.44. The molecule has 1 aromatic heterocycles. The van der Waals surface area contributed by atoms with Gasteiger partial charge in [-0.1, -0.05) is 0 Å². The van der Waals surface area contributed by atoms with Crippen LogP contribution in [0, 0.1) is 5.92 Å². The molecule has 20 heavy (non-hydrogen) atoms. The van der Waals surface area contributed by atoms with E-state index in [0.717, 1.165) is 12.8 Å². The van der Waals surface area contributed by atoms with Crippen molar-refractivity contribution in [2.45, 2.75) is 44.6 Å². The Balaban J connectivity index is 2.28. The smallest absolute Gasteiger partial charge is 0.243 e. The van der Waals surface area contributed by atoms with Crippen LogP contribution in [-0.4, -0.2) is 36.8 Å². The molecule has 0 radical (unpaired) electrons. The molecule has 2 rings (SSSR count). The van der Waals surface area contributed by atoms with Gasteiger partial charge in [0.15, 0.2) is 0 Å². The normalized spacial score (nSPS) is 15.8. The molecule has 0 unspecified atom stereocenters. The molecule has 0 bridgehead atoms. The molecular weight excluding hydrogens is 274 g/mol. The Morgan fingerprint density at radius 1 is 1.45 bits per heavy atom. The average molecular weight is 297 g/mol. The molecule has 1 N–H and O–H groups in total. The molecule has 6 heteroatoms. The first-order chi connectivity index (χ1) is 9.45. The van der Waals surface area contributed by atoms with E-state index in [0.29, 0.717) is 29.7 Å². The lowest BCUT2D eigenvalue weighted by Gasteiger charge is -2.26. The second-order valence-electron chi connectivity index (χ2n) is 5.52. The standard InChI is InChI=1S/C14H23N3O2S/c1-4-15-14-9-13(7-8-16-14)20(18,19)17(11(2)3)10-12-5-6-12/h7-9,11-12H,4-6,10H2,1-3H3,(H,15,16). The van der Waals surface area contributed by atoms with Crippen molar-refractivity contribution in [2.24, 2.45) is 5.92 Å². The van der Waals surface area contributed by atoms with Gasteiger partial charge in [-0.2, -0.15) is 4.31 Å². The van der Waals surface area contributed by atoms with Gasteiger partial charge >= 0.3 is 0 Å². The van der Waals surface area contributed by atoms with Crippen LogP contribution in [-0.2, 0) is 10.0 Å². The first-order valence-corrected chi connectivity index (χ1v) is 8.61. The minimum absolute atomic E-state index is 0.0312. The molecule has 1 aromatic rings. The van der Waals surface area contributed by atoms with Crippen molar-refractivity contribution in [3.63, 3.8) is 0 Å². The predicted molar refractivity (Wildman–Crippen MR) is 80.2 cm³/mol. The summed E-state index contributed by atoms with van der Waals surface area (Å²) in [6.07, 6.45) is 3.82. The van der Waals surface area contributed by atoms with E-state index in [1.807, 2.05) is 20.8 Å². The molecule has 0 spiro atoms. The first-order valence-electron chi connectivity index (χ1n) is 7.17. The zero-order chi connectivity index (χ0) is 14.8. The predicted octanol–water partition coefficient (Wildman–Crippen LogP) is 2.32. The van der Waals surface area contributed by atoms with Gasteiger partial charge in [0.25, 0.3) is 0 Å². The molecule has 0 aliphatic heterocycles. The molecule has 1 saturated carbocycles. The summed E-state index contributed by atoms with van der Waals surface area (Å²) in [4.78, 5) is 4.44. The second kappa shape index (κ2) is 6.10. The summed E-state index contributed by atoms with van der Waals surface area (Å²) in [6, 6.07) is 3.15. The summed E-state index contributed by atoms with van der Waals surface area (Å²) in [5.41, 5.74) is 0.